The third-order valence-electron chi connectivity index (χ3n) is 6.16. The Balaban J connectivity index is 1.74. The van der Waals surface area contributed by atoms with Gasteiger partial charge in [0, 0.05) is 17.7 Å². The van der Waals surface area contributed by atoms with Gasteiger partial charge < -0.3 is 19.3 Å². The predicted octanol–water partition coefficient (Wildman–Crippen LogP) is 4.78. The molecule has 2 aromatic carbocycles. The second kappa shape index (κ2) is 11.9. The normalized spacial score (nSPS) is 17.0. The summed E-state index contributed by atoms with van der Waals surface area (Å²) in [4.78, 5) is 44.7. The maximum Gasteiger partial charge on any atom is 0.336 e. The molecule has 0 radical (unpaired) electrons. The standard InChI is InChI=1S/C28H28O8S/c1-17-18(2)27-23(19(3)26(17)35-25(33)10-9-24(31)32)11-12-28(4,36-27)15-34-21-7-5-20(6-8-21)13-22(14-29)37-16-30/h5-10,13-14,16H,11-12,15H2,1-4H3,(H,31,32)/b10-9+,22-13-. The van der Waals surface area contributed by atoms with Gasteiger partial charge in [0.2, 0.25) is 0 Å². The van der Waals surface area contributed by atoms with E-state index >= 15 is 0 Å². The second-order valence-electron chi connectivity index (χ2n) is 8.89. The molecule has 1 unspecified atom stereocenters. The van der Waals surface area contributed by atoms with Gasteiger partial charge in [-0.2, -0.15) is 0 Å². The van der Waals surface area contributed by atoms with Crippen molar-refractivity contribution < 1.29 is 38.5 Å². The monoisotopic (exact) mass is 524 g/mol. The zero-order valence-corrected chi connectivity index (χ0v) is 21.8. The van der Waals surface area contributed by atoms with Crippen LogP contribution in [0.4, 0.5) is 0 Å². The molecular formula is C28H28O8S. The zero-order chi connectivity index (χ0) is 27.2. The van der Waals surface area contributed by atoms with Crippen LogP contribution in [-0.4, -0.2) is 41.2 Å². The summed E-state index contributed by atoms with van der Waals surface area (Å²) < 4.78 is 17.9. The first-order chi connectivity index (χ1) is 17.6. The summed E-state index contributed by atoms with van der Waals surface area (Å²) in [5.74, 6) is -0.185. The van der Waals surface area contributed by atoms with Crippen LogP contribution in [0.2, 0.25) is 0 Å². The van der Waals surface area contributed by atoms with Crippen LogP contribution in [-0.2, 0) is 25.6 Å². The molecule has 1 heterocycles. The largest absolute Gasteiger partial charge is 0.489 e. The Morgan fingerprint density at radius 1 is 1.08 bits per heavy atom. The number of rotatable bonds is 10. The smallest absolute Gasteiger partial charge is 0.336 e. The van der Waals surface area contributed by atoms with Gasteiger partial charge >= 0.3 is 11.9 Å². The van der Waals surface area contributed by atoms with Crippen molar-refractivity contribution in [3.63, 3.8) is 0 Å². The topological polar surface area (TPSA) is 116 Å². The Labute approximate surface area is 219 Å². The lowest BCUT2D eigenvalue weighted by atomic mass is 9.87. The predicted molar refractivity (Wildman–Crippen MR) is 141 cm³/mol. The lowest BCUT2D eigenvalue weighted by Gasteiger charge is -2.37. The number of hydrogen-bond acceptors (Lipinski definition) is 8. The highest BCUT2D eigenvalue weighted by molar-refractivity contribution is 8.16. The first-order valence-corrected chi connectivity index (χ1v) is 12.4. The van der Waals surface area contributed by atoms with Crippen LogP contribution in [0.5, 0.6) is 17.2 Å². The summed E-state index contributed by atoms with van der Waals surface area (Å²) in [6, 6.07) is 7.18. The minimum absolute atomic E-state index is 0.302. The molecule has 2 aromatic rings. The third kappa shape index (κ3) is 6.89. The number of aliphatic carboxylic acids is 1. The molecule has 0 amide bonds. The van der Waals surface area contributed by atoms with Crippen LogP contribution in [0.15, 0.2) is 41.3 Å². The highest BCUT2D eigenvalue weighted by atomic mass is 32.2. The molecular weight excluding hydrogens is 496 g/mol. The molecule has 3 rings (SSSR count). The molecule has 0 spiro atoms. The number of carbonyl (C=O) groups excluding carboxylic acids is 3. The lowest BCUT2D eigenvalue weighted by Crippen LogP contribution is -2.42. The van der Waals surface area contributed by atoms with Crippen LogP contribution >= 0.6 is 11.8 Å². The fraction of sp³-hybridized carbons (Fsp3) is 0.286. The summed E-state index contributed by atoms with van der Waals surface area (Å²) in [5.41, 5.74) is 4.09. The van der Waals surface area contributed by atoms with E-state index in [4.69, 9.17) is 19.3 Å². The van der Waals surface area contributed by atoms with Gasteiger partial charge in [-0.25, -0.2) is 9.59 Å². The molecule has 194 valence electrons. The van der Waals surface area contributed by atoms with E-state index in [9.17, 15) is 19.2 Å². The number of allylic oxidation sites excluding steroid dienone is 1. The Morgan fingerprint density at radius 2 is 1.78 bits per heavy atom. The van der Waals surface area contributed by atoms with Crippen molar-refractivity contribution >= 4 is 41.7 Å². The molecule has 0 fully saturated rings. The fourth-order valence-corrected chi connectivity index (χ4v) is 4.39. The lowest BCUT2D eigenvalue weighted by molar-refractivity contribution is -0.133. The van der Waals surface area contributed by atoms with Crippen molar-refractivity contribution in [3.8, 4) is 17.2 Å². The SMILES string of the molecule is Cc1c(C)c2c(c(C)c1OC(=O)/C=C/C(=O)O)CCC(C)(COc1ccc(/C=C(/C=O)SC=O)cc1)O2. The molecule has 0 aromatic heterocycles. The number of esters is 1. The van der Waals surface area contributed by atoms with E-state index < -0.39 is 17.5 Å². The van der Waals surface area contributed by atoms with E-state index in [0.717, 1.165) is 57.5 Å². The first kappa shape index (κ1) is 27.7. The summed E-state index contributed by atoms with van der Waals surface area (Å²) in [6.45, 7) is 7.87. The summed E-state index contributed by atoms with van der Waals surface area (Å²) >= 11 is 0.824. The third-order valence-corrected chi connectivity index (χ3v) is 6.74. The molecule has 0 bridgehead atoms. The highest BCUT2D eigenvalue weighted by Gasteiger charge is 2.36. The minimum atomic E-state index is -1.23. The number of carboxylic acids is 1. The quantitative estimate of drug-likeness (QED) is 0.203. The van der Waals surface area contributed by atoms with Crippen molar-refractivity contribution in [2.75, 3.05) is 6.61 Å². The van der Waals surface area contributed by atoms with E-state index in [1.54, 1.807) is 30.3 Å². The van der Waals surface area contributed by atoms with Crippen LogP contribution in [0, 0.1) is 20.8 Å². The van der Waals surface area contributed by atoms with Crippen LogP contribution in [0.25, 0.3) is 6.08 Å². The van der Waals surface area contributed by atoms with Crippen molar-refractivity contribution in [2.24, 2.45) is 0 Å². The first-order valence-electron chi connectivity index (χ1n) is 11.5. The second-order valence-corrected chi connectivity index (χ2v) is 9.79. The van der Waals surface area contributed by atoms with E-state index in [1.807, 2.05) is 27.7 Å². The van der Waals surface area contributed by atoms with Crippen LogP contribution in [0.3, 0.4) is 0 Å². The van der Waals surface area contributed by atoms with Gasteiger partial charge in [0.05, 0.1) is 4.91 Å². The molecule has 8 nitrogen and oxygen atoms in total. The molecule has 1 atom stereocenters. The molecule has 0 saturated heterocycles. The highest BCUT2D eigenvalue weighted by Crippen LogP contribution is 2.44. The number of carboxylic acid groups (broad SMARTS) is 1. The van der Waals surface area contributed by atoms with Gasteiger partial charge in [-0.1, -0.05) is 23.9 Å². The Kier molecular flexibility index (Phi) is 8.94. The van der Waals surface area contributed by atoms with E-state index in [0.29, 0.717) is 47.8 Å². The molecule has 0 aliphatic carbocycles. The Hall–Kier alpha value is -3.85. The van der Waals surface area contributed by atoms with E-state index in [1.165, 1.54) is 0 Å². The van der Waals surface area contributed by atoms with Gasteiger partial charge in [-0.05, 0) is 81.0 Å². The van der Waals surface area contributed by atoms with Gasteiger partial charge in [-0.15, -0.1) is 0 Å². The van der Waals surface area contributed by atoms with Crippen molar-refractivity contribution in [2.45, 2.75) is 46.1 Å². The minimum Gasteiger partial charge on any atom is -0.489 e. The molecule has 1 aliphatic rings. The zero-order valence-electron chi connectivity index (χ0n) is 21.0. The van der Waals surface area contributed by atoms with Gasteiger partial charge in [0.25, 0.3) is 0 Å². The van der Waals surface area contributed by atoms with Crippen LogP contribution in [0.1, 0.15) is 41.2 Å². The number of benzene rings is 2. The summed E-state index contributed by atoms with van der Waals surface area (Å²) in [6.07, 6.45) is 5.24. The maximum absolute atomic E-state index is 12.1. The number of hydrogen-bond donors (Lipinski definition) is 1. The Bertz CT molecular complexity index is 1280. The van der Waals surface area contributed by atoms with Crippen molar-refractivity contribution in [1.82, 2.24) is 0 Å². The van der Waals surface area contributed by atoms with E-state index in [2.05, 4.69) is 0 Å². The molecule has 1 N–H and O–H groups in total. The number of thioether (sulfide) groups is 1. The van der Waals surface area contributed by atoms with Crippen LogP contribution < -0.4 is 14.2 Å². The van der Waals surface area contributed by atoms with Gasteiger partial charge in [0.15, 0.2) is 11.9 Å². The fourth-order valence-electron chi connectivity index (χ4n) is 4.02. The molecule has 0 saturated carbocycles. The van der Waals surface area contributed by atoms with Crippen molar-refractivity contribution in [1.29, 1.82) is 0 Å². The number of aldehydes is 1. The number of fused-ring (bicyclic) bond motifs is 1. The average molecular weight is 525 g/mol. The maximum atomic E-state index is 12.1. The molecule has 9 heteroatoms. The van der Waals surface area contributed by atoms with Gasteiger partial charge in [0.1, 0.15) is 29.5 Å². The number of carbonyl (C=O) groups is 4. The summed E-state index contributed by atoms with van der Waals surface area (Å²) in [7, 11) is 0. The Morgan fingerprint density at radius 3 is 2.41 bits per heavy atom. The number of ether oxygens (including phenoxy) is 3. The molecule has 1 aliphatic heterocycles. The van der Waals surface area contributed by atoms with Gasteiger partial charge in [-0.3, -0.25) is 9.59 Å². The summed E-state index contributed by atoms with van der Waals surface area (Å²) in [5, 5.41) is 8.73. The molecule has 37 heavy (non-hydrogen) atoms. The van der Waals surface area contributed by atoms with Crippen molar-refractivity contribution in [3.05, 3.63) is 69.1 Å². The average Bonchev–Trinajstić information content (AvgIpc) is 2.88. The van der Waals surface area contributed by atoms with E-state index in [-0.39, 0.29) is 0 Å².